The molecule has 0 bridgehead atoms. The molecule has 6 heteroatoms. The van der Waals surface area contributed by atoms with Crippen LogP contribution in [0.5, 0.6) is 0 Å². The van der Waals surface area contributed by atoms with Crippen molar-refractivity contribution in [3.8, 4) is 124 Å². The Morgan fingerprint density at radius 2 is 0.406 bits per heavy atom. The molecule has 22 aromatic rings. The van der Waals surface area contributed by atoms with Crippen LogP contribution in [0, 0.1) is 0 Å². The van der Waals surface area contributed by atoms with Crippen LogP contribution >= 0.6 is 0 Å². The number of fused-ring (bicyclic) bond motifs is 23. The summed E-state index contributed by atoms with van der Waals surface area (Å²) in [7, 11) is 0. The summed E-state index contributed by atoms with van der Waals surface area (Å²) in [4.78, 5) is 31.0. The highest BCUT2D eigenvalue weighted by Crippen LogP contribution is 2.56. The van der Waals surface area contributed by atoms with E-state index in [4.69, 9.17) is 29.9 Å². The Morgan fingerprint density at radius 3 is 0.828 bits per heavy atom. The van der Waals surface area contributed by atoms with Gasteiger partial charge in [0.1, 0.15) is 0 Å². The molecule has 3 heterocycles. The van der Waals surface area contributed by atoms with Crippen molar-refractivity contribution in [2.75, 3.05) is 0 Å². The van der Waals surface area contributed by atoms with Gasteiger partial charge in [-0.25, -0.2) is 29.9 Å². The molecule has 0 spiro atoms. The molecule has 0 N–H and O–H groups in total. The van der Waals surface area contributed by atoms with Crippen molar-refractivity contribution < 1.29 is 0 Å². The van der Waals surface area contributed by atoms with E-state index in [2.05, 4.69) is 432 Å². The summed E-state index contributed by atoms with van der Waals surface area (Å²) < 4.78 is 0. The first-order valence-electron chi connectivity index (χ1n) is 44.6. The summed E-state index contributed by atoms with van der Waals surface area (Å²) in [5, 5.41) is 15.9. The van der Waals surface area contributed by atoms with Crippen molar-refractivity contribution in [2.45, 2.75) is 77.0 Å². The molecule has 606 valence electrons. The van der Waals surface area contributed by atoms with Crippen molar-refractivity contribution >= 4 is 86.6 Å². The minimum absolute atomic E-state index is 0.0613. The van der Waals surface area contributed by atoms with Crippen LogP contribution in [0.3, 0.4) is 0 Å². The predicted molar refractivity (Wildman–Crippen MR) is 534 cm³/mol. The minimum Gasteiger partial charge on any atom is -0.228 e. The maximum atomic E-state index is 5.36. The average molecular weight is 1640 g/mol. The average Bonchev–Trinajstić information content (AvgIpc) is 1.58. The quantitative estimate of drug-likeness (QED) is 0.148. The molecular formula is C122H88N6. The maximum absolute atomic E-state index is 5.36. The van der Waals surface area contributed by atoms with Crippen LogP contribution in [0.2, 0.25) is 0 Å². The SMILES string of the molecule is CC1(C)c2cc(-c3nc(-c4ccc5c(c4)C(C)(C)c4cc6ccccc6cc4-5)c4ccccc4n3)ccc2-c2cc3ccccc3cc21.CC1(C)c2ccccc2-c2ccc(-c3nc(-c4ccc5c(c4)C(C)(C)c4ccccc4-5)c4ccccc4n3)cc21.c1ccc(-c2ccc(-c3nc(-c4ccc5c6ccccc6c6ccccc6c5c4)c4ccccc4n3)cc2)cc1. The fraction of sp³-hybridized carbons (Fsp3) is 0.0984. The molecule has 3 aromatic heterocycles. The van der Waals surface area contributed by atoms with Crippen molar-refractivity contribution in [3.05, 3.63) is 433 Å². The number of rotatable bonds is 7. The van der Waals surface area contributed by atoms with Crippen LogP contribution in [0.15, 0.2) is 388 Å². The molecule has 6 nitrogen and oxygen atoms in total. The molecule has 0 radical (unpaired) electrons. The Kier molecular flexibility index (Phi) is 17.3. The van der Waals surface area contributed by atoms with E-state index >= 15 is 0 Å². The van der Waals surface area contributed by atoms with E-state index in [1.54, 1.807) is 0 Å². The highest BCUT2D eigenvalue weighted by atomic mass is 14.9. The summed E-state index contributed by atoms with van der Waals surface area (Å²) >= 11 is 0. The second kappa shape index (κ2) is 29.0. The van der Waals surface area contributed by atoms with Gasteiger partial charge in [-0.05, 0) is 227 Å². The van der Waals surface area contributed by atoms with Gasteiger partial charge in [-0.1, -0.05) is 371 Å². The molecule has 0 saturated carbocycles. The molecule has 0 aliphatic heterocycles. The number of nitrogens with zero attached hydrogens (tertiary/aromatic N) is 6. The topological polar surface area (TPSA) is 77.3 Å². The smallest absolute Gasteiger partial charge is 0.160 e. The lowest BCUT2D eigenvalue weighted by Gasteiger charge is -2.23. The Morgan fingerprint density at radius 1 is 0.148 bits per heavy atom. The molecule has 0 unspecified atom stereocenters. The molecule has 26 rings (SSSR count). The molecule has 0 atom stereocenters. The third-order valence-electron chi connectivity index (χ3n) is 28.4. The maximum Gasteiger partial charge on any atom is 0.160 e. The summed E-state index contributed by atoms with van der Waals surface area (Å²) in [5.74, 6) is 2.26. The number of para-hydroxylation sites is 3. The number of hydrogen-bond donors (Lipinski definition) is 0. The Labute approximate surface area is 744 Å². The lowest BCUT2D eigenvalue weighted by atomic mass is 9.81. The van der Waals surface area contributed by atoms with Crippen LogP contribution in [0.4, 0.5) is 0 Å². The molecule has 4 aliphatic carbocycles. The van der Waals surface area contributed by atoms with E-state index < -0.39 is 0 Å². The van der Waals surface area contributed by atoms with Crippen LogP contribution in [0.25, 0.3) is 210 Å². The first-order valence-corrected chi connectivity index (χ1v) is 44.6. The second-order valence-corrected chi connectivity index (χ2v) is 37.2. The fourth-order valence-electron chi connectivity index (χ4n) is 21.6. The van der Waals surface area contributed by atoms with Gasteiger partial charge in [-0.15, -0.1) is 0 Å². The molecule has 19 aromatic carbocycles. The zero-order valence-corrected chi connectivity index (χ0v) is 72.6. The van der Waals surface area contributed by atoms with Crippen molar-refractivity contribution in [1.29, 1.82) is 0 Å². The normalized spacial score (nSPS) is 14.0. The third kappa shape index (κ3) is 12.1. The Balaban J connectivity index is 0.000000108. The van der Waals surface area contributed by atoms with Gasteiger partial charge in [0.25, 0.3) is 0 Å². The van der Waals surface area contributed by atoms with Gasteiger partial charge in [-0.3, -0.25) is 0 Å². The predicted octanol–water partition coefficient (Wildman–Crippen LogP) is 31.5. The number of benzene rings is 19. The second-order valence-electron chi connectivity index (χ2n) is 37.2. The third-order valence-corrected chi connectivity index (χ3v) is 28.4. The summed E-state index contributed by atoms with van der Waals surface area (Å²) in [5.41, 5.74) is 35.7. The number of hydrogen-bond acceptors (Lipinski definition) is 6. The zero-order valence-electron chi connectivity index (χ0n) is 72.6. The van der Waals surface area contributed by atoms with Gasteiger partial charge >= 0.3 is 0 Å². The van der Waals surface area contributed by atoms with Gasteiger partial charge in [-0.2, -0.15) is 0 Å². The molecule has 0 amide bonds. The molecule has 0 saturated heterocycles. The van der Waals surface area contributed by atoms with E-state index in [1.165, 1.54) is 154 Å². The lowest BCUT2D eigenvalue weighted by molar-refractivity contribution is 0.660. The summed E-state index contributed by atoms with van der Waals surface area (Å²) in [6, 6.07) is 140. The first-order chi connectivity index (χ1) is 62.4. The Bertz CT molecular complexity index is 8410. The van der Waals surface area contributed by atoms with E-state index in [1.807, 2.05) is 12.1 Å². The van der Waals surface area contributed by atoms with Crippen molar-refractivity contribution in [2.24, 2.45) is 0 Å². The standard InChI is InChI=1S/C46H34N2.C38H30N2.C38H24N2/c1-45(2)38-25-31(17-19-33(38)36-21-27-11-5-7-13-29(27)23-40(36)45)43-35-15-9-10-16-42(35)47-44(48-43)32-18-20-34-37-22-28-12-6-8-14-30(28)24-41(37)46(3,4)39(34)26-32;1-37(2)30-14-8-5-11-25(30)27-19-17-23(21-32(27)37)35-29-13-7-10-16-34(29)39-36(40-35)24-18-20-28-26-12-6-9-15-31(26)38(3,4)33(28)22-24;1-2-10-25(11-3-1)26-18-20-27(21-19-26)38-39-36-17-9-8-16-34(36)37(40-38)28-22-23-33-31-14-5-4-12-29(31)30-13-6-7-15-32(30)35(33)24-28/h5-26H,1-4H3;5-22H,1-4H3;1-24H. The van der Waals surface area contributed by atoms with Crippen molar-refractivity contribution in [3.63, 3.8) is 0 Å². The largest absolute Gasteiger partial charge is 0.228 e. The number of aromatic nitrogens is 6. The first kappa shape index (κ1) is 76.2. The zero-order chi connectivity index (χ0) is 86.1. The molecule has 128 heavy (non-hydrogen) atoms. The van der Waals surface area contributed by atoms with E-state index in [0.29, 0.717) is 0 Å². The molecule has 4 aliphatic rings. The monoisotopic (exact) mass is 1640 g/mol. The fourth-order valence-corrected chi connectivity index (χ4v) is 21.6. The Hall–Kier alpha value is -15.5. The highest BCUT2D eigenvalue weighted by Gasteiger charge is 2.41. The minimum atomic E-state index is -0.129. The van der Waals surface area contributed by atoms with Crippen molar-refractivity contribution in [1.82, 2.24) is 29.9 Å². The van der Waals surface area contributed by atoms with Crippen LogP contribution < -0.4 is 0 Å². The highest BCUT2D eigenvalue weighted by molar-refractivity contribution is 6.26. The van der Waals surface area contributed by atoms with E-state index in [-0.39, 0.29) is 21.7 Å². The van der Waals surface area contributed by atoms with Crippen LogP contribution in [0.1, 0.15) is 99.9 Å². The summed E-state index contributed by atoms with van der Waals surface area (Å²) in [6.45, 7) is 18.7. The van der Waals surface area contributed by atoms with Gasteiger partial charge < -0.3 is 0 Å². The lowest BCUT2D eigenvalue weighted by Crippen LogP contribution is -2.15. The van der Waals surface area contributed by atoms with Gasteiger partial charge in [0.2, 0.25) is 0 Å². The molecule has 0 fully saturated rings. The van der Waals surface area contributed by atoms with Crippen LogP contribution in [-0.2, 0) is 21.7 Å². The van der Waals surface area contributed by atoms with Gasteiger partial charge in [0.15, 0.2) is 17.5 Å². The van der Waals surface area contributed by atoms with E-state index in [9.17, 15) is 0 Å². The van der Waals surface area contributed by atoms with E-state index in [0.717, 1.165) is 101 Å². The van der Waals surface area contributed by atoms with Crippen LogP contribution in [-0.4, -0.2) is 29.9 Å². The van der Waals surface area contributed by atoms with Gasteiger partial charge in [0, 0.05) is 71.2 Å². The summed E-state index contributed by atoms with van der Waals surface area (Å²) in [6.07, 6.45) is 0. The van der Waals surface area contributed by atoms with Gasteiger partial charge in [0.05, 0.1) is 33.6 Å². The molecular weight excluding hydrogens is 1550 g/mol.